The van der Waals surface area contributed by atoms with E-state index in [0.717, 1.165) is 13.0 Å². The molecule has 2 amide bonds. The largest absolute Gasteiger partial charge is 0.340 e. The SMILES string of the molecule is Cc1ccccc1[C@@H]1c2ccsc2CCN1[C@@H](C)C(=O)N1CCCN(C(=O)c2cccc([N+](=O)[O-])c2)CC1. The summed E-state index contributed by atoms with van der Waals surface area (Å²) >= 11 is 1.79. The molecule has 0 aliphatic carbocycles. The lowest BCUT2D eigenvalue weighted by molar-refractivity contribution is -0.384. The first kappa shape index (κ1) is 26.1. The molecule has 2 aliphatic heterocycles. The number of rotatable bonds is 5. The lowest BCUT2D eigenvalue weighted by atomic mass is 9.89. The van der Waals surface area contributed by atoms with E-state index in [1.165, 1.54) is 39.8 Å². The summed E-state index contributed by atoms with van der Waals surface area (Å²) in [5.41, 5.74) is 3.94. The maximum Gasteiger partial charge on any atom is 0.270 e. The molecule has 5 rings (SSSR count). The average molecular weight is 533 g/mol. The first-order valence-electron chi connectivity index (χ1n) is 13.0. The van der Waals surface area contributed by atoms with Crippen molar-refractivity contribution in [2.24, 2.45) is 0 Å². The van der Waals surface area contributed by atoms with Gasteiger partial charge >= 0.3 is 0 Å². The van der Waals surface area contributed by atoms with E-state index < -0.39 is 4.92 Å². The number of nitrogens with zero attached hydrogens (tertiary/aromatic N) is 4. The van der Waals surface area contributed by atoms with Crippen LogP contribution in [0.5, 0.6) is 0 Å². The molecule has 1 fully saturated rings. The van der Waals surface area contributed by atoms with E-state index in [1.54, 1.807) is 22.3 Å². The van der Waals surface area contributed by atoms with Crippen LogP contribution in [0.3, 0.4) is 0 Å². The van der Waals surface area contributed by atoms with Gasteiger partial charge in [-0.05, 0) is 60.9 Å². The van der Waals surface area contributed by atoms with Crippen LogP contribution in [0.15, 0.2) is 60.0 Å². The number of hydrogen-bond donors (Lipinski definition) is 0. The lowest BCUT2D eigenvalue weighted by Crippen LogP contribution is -2.51. The smallest absolute Gasteiger partial charge is 0.270 e. The average Bonchev–Trinajstić information content (AvgIpc) is 3.28. The predicted molar refractivity (Wildman–Crippen MR) is 147 cm³/mol. The standard InChI is InChI=1S/C29H32N4O4S/c1-20-7-3-4-10-24(20)27-25-12-18-38-26(25)11-15-32(27)21(2)28(34)30-13-6-14-31(17-16-30)29(35)22-8-5-9-23(19-22)33(36)37/h3-5,7-10,12,18-19,21,27H,6,11,13-17H2,1-2H3/t21-,27+/m0/s1. The van der Waals surface area contributed by atoms with E-state index in [9.17, 15) is 19.7 Å². The molecular formula is C29H32N4O4S. The topological polar surface area (TPSA) is 87.0 Å². The predicted octanol–water partition coefficient (Wildman–Crippen LogP) is 4.68. The zero-order valence-corrected chi connectivity index (χ0v) is 22.5. The molecule has 3 heterocycles. The highest BCUT2D eigenvalue weighted by Gasteiger charge is 2.37. The second kappa shape index (κ2) is 11.0. The molecule has 0 radical (unpaired) electrons. The molecule has 0 saturated carbocycles. The number of thiophene rings is 1. The number of fused-ring (bicyclic) bond motifs is 1. The molecular weight excluding hydrogens is 500 g/mol. The van der Waals surface area contributed by atoms with Crippen LogP contribution >= 0.6 is 11.3 Å². The van der Waals surface area contributed by atoms with Crippen molar-refractivity contribution in [2.45, 2.75) is 38.8 Å². The Labute approximate surface area is 226 Å². The molecule has 2 atom stereocenters. The Morgan fingerprint density at radius 3 is 2.53 bits per heavy atom. The van der Waals surface area contributed by atoms with E-state index in [4.69, 9.17) is 0 Å². The van der Waals surface area contributed by atoms with Gasteiger partial charge in [0, 0.05) is 55.3 Å². The van der Waals surface area contributed by atoms with E-state index in [2.05, 4.69) is 41.5 Å². The summed E-state index contributed by atoms with van der Waals surface area (Å²) in [5, 5.41) is 13.3. The molecule has 3 aromatic rings. The molecule has 2 aliphatic rings. The first-order chi connectivity index (χ1) is 18.3. The van der Waals surface area contributed by atoms with Crippen LogP contribution in [-0.4, -0.2) is 70.2 Å². The summed E-state index contributed by atoms with van der Waals surface area (Å²) in [7, 11) is 0. The third-order valence-electron chi connectivity index (χ3n) is 7.74. The zero-order valence-electron chi connectivity index (χ0n) is 21.7. The maximum absolute atomic E-state index is 13.8. The maximum atomic E-state index is 13.8. The van der Waals surface area contributed by atoms with Gasteiger partial charge in [-0.1, -0.05) is 30.3 Å². The fraction of sp³-hybridized carbons (Fsp3) is 0.379. The Hall–Kier alpha value is -3.56. The van der Waals surface area contributed by atoms with Crippen LogP contribution in [0, 0.1) is 17.0 Å². The van der Waals surface area contributed by atoms with Crippen molar-refractivity contribution in [1.29, 1.82) is 0 Å². The van der Waals surface area contributed by atoms with Crippen molar-refractivity contribution in [1.82, 2.24) is 14.7 Å². The third kappa shape index (κ3) is 5.08. The normalized spacial score (nSPS) is 18.9. The molecule has 198 valence electrons. The van der Waals surface area contributed by atoms with Crippen molar-refractivity contribution in [3.8, 4) is 0 Å². The van der Waals surface area contributed by atoms with Gasteiger partial charge in [0.25, 0.3) is 11.6 Å². The minimum Gasteiger partial charge on any atom is -0.340 e. The van der Waals surface area contributed by atoms with Crippen LogP contribution in [0.1, 0.15) is 51.3 Å². The van der Waals surface area contributed by atoms with Gasteiger partial charge in [-0.3, -0.25) is 24.6 Å². The summed E-state index contributed by atoms with van der Waals surface area (Å²) < 4.78 is 0. The minimum atomic E-state index is -0.495. The van der Waals surface area contributed by atoms with Gasteiger partial charge in [-0.15, -0.1) is 11.3 Å². The van der Waals surface area contributed by atoms with Crippen molar-refractivity contribution in [3.63, 3.8) is 0 Å². The number of amides is 2. The van der Waals surface area contributed by atoms with Gasteiger partial charge < -0.3 is 9.80 Å². The Kier molecular flexibility index (Phi) is 7.58. The van der Waals surface area contributed by atoms with E-state index in [1.807, 2.05) is 17.9 Å². The number of hydrogen-bond acceptors (Lipinski definition) is 6. The number of carbonyl (C=O) groups is 2. The van der Waals surface area contributed by atoms with Crippen LogP contribution in [0.2, 0.25) is 0 Å². The van der Waals surface area contributed by atoms with Gasteiger partial charge in [0.15, 0.2) is 0 Å². The Morgan fingerprint density at radius 1 is 0.974 bits per heavy atom. The summed E-state index contributed by atoms with van der Waals surface area (Å²) in [5.74, 6) is -0.163. The summed E-state index contributed by atoms with van der Waals surface area (Å²) in [6, 6.07) is 16.2. The fourth-order valence-corrected chi connectivity index (χ4v) is 6.58. The van der Waals surface area contributed by atoms with Gasteiger partial charge in [0.1, 0.15) is 0 Å². The Bertz CT molecular complexity index is 1360. The highest BCUT2D eigenvalue weighted by atomic mass is 32.1. The molecule has 0 unspecified atom stereocenters. The Balaban J connectivity index is 1.31. The van der Waals surface area contributed by atoms with Crippen molar-refractivity contribution < 1.29 is 14.5 Å². The van der Waals surface area contributed by atoms with Crippen LogP contribution in [0.4, 0.5) is 5.69 Å². The molecule has 0 bridgehead atoms. The second-order valence-corrected chi connectivity index (χ2v) is 11.0. The van der Waals surface area contributed by atoms with Crippen molar-refractivity contribution in [2.75, 3.05) is 32.7 Å². The van der Waals surface area contributed by atoms with Crippen LogP contribution in [-0.2, 0) is 11.2 Å². The zero-order chi connectivity index (χ0) is 26.8. The molecule has 1 aromatic heterocycles. The molecule has 1 saturated heterocycles. The molecule has 38 heavy (non-hydrogen) atoms. The lowest BCUT2D eigenvalue weighted by Gasteiger charge is -2.41. The van der Waals surface area contributed by atoms with Crippen LogP contribution < -0.4 is 0 Å². The number of aryl methyl sites for hydroxylation is 1. The molecule has 0 N–H and O–H groups in total. The van der Waals surface area contributed by atoms with Gasteiger partial charge in [0.05, 0.1) is 17.0 Å². The number of nitro groups is 1. The minimum absolute atomic E-state index is 0.0316. The molecule has 8 nitrogen and oxygen atoms in total. The number of carbonyl (C=O) groups excluding carboxylic acids is 2. The summed E-state index contributed by atoms with van der Waals surface area (Å²) in [6.07, 6.45) is 1.59. The Morgan fingerprint density at radius 2 is 1.74 bits per heavy atom. The summed E-state index contributed by atoms with van der Waals surface area (Å²) in [4.78, 5) is 44.9. The first-order valence-corrected chi connectivity index (χ1v) is 13.9. The second-order valence-electron chi connectivity index (χ2n) is 10.0. The van der Waals surface area contributed by atoms with Gasteiger partial charge in [0.2, 0.25) is 5.91 Å². The number of nitro benzene ring substituents is 1. The monoisotopic (exact) mass is 532 g/mol. The number of benzene rings is 2. The fourth-order valence-electron chi connectivity index (χ4n) is 5.67. The third-order valence-corrected chi connectivity index (χ3v) is 8.74. The highest BCUT2D eigenvalue weighted by Crippen LogP contribution is 2.40. The molecule has 2 aromatic carbocycles. The summed E-state index contributed by atoms with van der Waals surface area (Å²) in [6.45, 7) is 6.86. The van der Waals surface area contributed by atoms with Crippen molar-refractivity contribution >= 4 is 28.8 Å². The number of non-ortho nitro benzene ring substituents is 1. The quantitative estimate of drug-likeness (QED) is 0.352. The molecule has 9 heteroatoms. The van der Waals surface area contributed by atoms with E-state index >= 15 is 0 Å². The van der Waals surface area contributed by atoms with Crippen molar-refractivity contribution in [3.05, 3.63) is 97.2 Å². The highest BCUT2D eigenvalue weighted by molar-refractivity contribution is 7.10. The van der Waals surface area contributed by atoms with E-state index in [0.29, 0.717) is 38.2 Å². The van der Waals surface area contributed by atoms with E-state index in [-0.39, 0.29) is 29.6 Å². The van der Waals surface area contributed by atoms with Gasteiger partial charge in [-0.2, -0.15) is 0 Å². The molecule has 0 spiro atoms. The van der Waals surface area contributed by atoms with Gasteiger partial charge in [-0.25, -0.2) is 0 Å². The van der Waals surface area contributed by atoms with Crippen LogP contribution in [0.25, 0.3) is 0 Å².